The van der Waals surface area contributed by atoms with E-state index in [2.05, 4.69) is 22.5 Å². The van der Waals surface area contributed by atoms with E-state index in [1.165, 1.54) is 51.4 Å². The molecule has 0 atom stereocenters. The number of fused-ring (bicyclic) bond motifs is 1. The first-order chi connectivity index (χ1) is 20.3. The van der Waals surface area contributed by atoms with Gasteiger partial charge in [0.25, 0.3) is 20.2 Å². The van der Waals surface area contributed by atoms with E-state index in [1.54, 1.807) is 12.1 Å². The van der Waals surface area contributed by atoms with Gasteiger partial charge in [0.2, 0.25) is 5.91 Å². The summed E-state index contributed by atoms with van der Waals surface area (Å²) in [6.07, 6.45) is 13.4. The van der Waals surface area contributed by atoms with Crippen molar-refractivity contribution >= 4 is 113 Å². The smallest absolute Gasteiger partial charge is 0.296 e. The fraction of sp³-hybridized carbons (Fsp3) is 0.433. The van der Waals surface area contributed by atoms with Crippen molar-refractivity contribution in [3.8, 4) is 5.75 Å². The van der Waals surface area contributed by atoms with E-state index in [1.807, 2.05) is 12.1 Å². The Morgan fingerprint density at radius 3 is 1.84 bits per heavy atom. The second-order valence-electron chi connectivity index (χ2n) is 10.6. The van der Waals surface area contributed by atoms with Gasteiger partial charge < -0.3 is 10.4 Å². The largest absolute Gasteiger partial charge is 0.505 e. The summed E-state index contributed by atoms with van der Waals surface area (Å²) in [4.78, 5) is 10.2. The molecule has 45 heavy (non-hydrogen) atoms. The Balaban J connectivity index is 0.00000506. The van der Waals surface area contributed by atoms with Gasteiger partial charge in [-0.2, -0.15) is 21.9 Å². The zero-order chi connectivity index (χ0) is 31.6. The van der Waals surface area contributed by atoms with Crippen LogP contribution in [0.15, 0.2) is 62.5 Å². The molecule has 0 fully saturated rings. The molecular formula is C30H39N3Na2O8S2. The number of benzene rings is 3. The maximum Gasteiger partial charge on any atom is 0.296 e. The van der Waals surface area contributed by atoms with E-state index in [0.29, 0.717) is 5.69 Å². The summed E-state index contributed by atoms with van der Waals surface area (Å²) in [6, 6.07) is 9.83. The SMILES string of the molecule is CCCCCCCCCCCCc1ccc(N=Nc2c(S(=O)(=O)O)cc3cc(S(=O)(=O)O)cc(NC(C)=O)c3c2O)cc1.[Na].[Na]. The van der Waals surface area contributed by atoms with Crippen LogP contribution in [-0.2, 0) is 31.5 Å². The van der Waals surface area contributed by atoms with Gasteiger partial charge in [0.1, 0.15) is 10.6 Å². The van der Waals surface area contributed by atoms with Gasteiger partial charge in [-0.25, -0.2) is 0 Å². The van der Waals surface area contributed by atoms with Crippen molar-refractivity contribution in [3.63, 3.8) is 0 Å². The molecule has 236 valence electrons. The normalized spacial score (nSPS) is 11.7. The first-order valence-electron chi connectivity index (χ1n) is 14.4. The summed E-state index contributed by atoms with van der Waals surface area (Å²) in [5.41, 5.74) is 0.622. The van der Waals surface area contributed by atoms with Gasteiger partial charge in [0.15, 0.2) is 5.75 Å². The van der Waals surface area contributed by atoms with Gasteiger partial charge in [0, 0.05) is 71.4 Å². The van der Waals surface area contributed by atoms with Crippen LogP contribution in [0.2, 0.25) is 0 Å². The number of nitrogens with one attached hydrogen (secondary N) is 1. The number of unbranched alkanes of at least 4 members (excludes halogenated alkanes) is 9. The molecule has 0 bridgehead atoms. The molecule has 1 amide bonds. The Kier molecular flexibility index (Phi) is 18.0. The van der Waals surface area contributed by atoms with Gasteiger partial charge in [0.05, 0.1) is 16.3 Å². The molecule has 0 aromatic heterocycles. The molecular weight excluding hydrogens is 640 g/mol. The van der Waals surface area contributed by atoms with Crippen LogP contribution < -0.4 is 5.32 Å². The Bertz CT molecular complexity index is 1680. The predicted octanol–water partition coefficient (Wildman–Crippen LogP) is 7.11. The molecule has 0 aliphatic rings. The minimum atomic E-state index is -4.98. The molecule has 0 unspecified atom stereocenters. The topological polar surface area (TPSA) is 183 Å². The Morgan fingerprint density at radius 2 is 1.33 bits per heavy atom. The summed E-state index contributed by atoms with van der Waals surface area (Å²) < 4.78 is 67.3. The van der Waals surface area contributed by atoms with Crippen molar-refractivity contribution < 1.29 is 35.8 Å². The number of azo groups is 1. The third-order valence-electron chi connectivity index (χ3n) is 7.03. The Morgan fingerprint density at radius 1 is 0.778 bits per heavy atom. The first-order valence-corrected chi connectivity index (χ1v) is 17.3. The van der Waals surface area contributed by atoms with Crippen LogP contribution in [0.1, 0.15) is 83.6 Å². The van der Waals surface area contributed by atoms with E-state index in [0.717, 1.165) is 49.9 Å². The number of hydrogen-bond donors (Lipinski definition) is 4. The average Bonchev–Trinajstić information content (AvgIpc) is 2.92. The molecule has 3 aromatic rings. The number of rotatable bonds is 16. The number of anilines is 1. The molecule has 2 radical (unpaired) electrons. The van der Waals surface area contributed by atoms with Gasteiger partial charge in [-0.15, -0.1) is 5.11 Å². The molecule has 15 heteroatoms. The second-order valence-corrected chi connectivity index (χ2v) is 13.4. The molecule has 0 saturated carbocycles. The number of aromatic hydroxyl groups is 1. The van der Waals surface area contributed by atoms with Crippen molar-refractivity contribution in [3.05, 3.63) is 48.0 Å². The first kappa shape index (κ1) is 41.6. The van der Waals surface area contributed by atoms with Gasteiger partial charge >= 0.3 is 0 Å². The predicted molar refractivity (Wildman–Crippen MR) is 177 cm³/mol. The van der Waals surface area contributed by atoms with Gasteiger partial charge in [-0.1, -0.05) is 76.8 Å². The zero-order valence-electron chi connectivity index (χ0n) is 26.4. The van der Waals surface area contributed by atoms with E-state index < -0.39 is 47.4 Å². The number of phenolic OH excluding ortho intramolecular Hbond substituents is 1. The molecule has 0 saturated heterocycles. The molecule has 3 rings (SSSR count). The van der Waals surface area contributed by atoms with Crippen LogP contribution in [0, 0.1) is 0 Å². The summed E-state index contributed by atoms with van der Waals surface area (Å²) in [7, 11) is -9.76. The van der Waals surface area contributed by atoms with Crippen molar-refractivity contribution in [1.82, 2.24) is 0 Å². The van der Waals surface area contributed by atoms with Crippen LogP contribution in [0.3, 0.4) is 0 Å². The second kappa shape index (κ2) is 19.4. The third-order valence-corrected chi connectivity index (χ3v) is 8.73. The summed E-state index contributed by atoms with van der Waals surface area (Å²) in [5.74, 6) is -1.41. The van der Waals surface area contributed by atoms with Crippen molar-refractivity contribution in [2.45, 2.75) is 94.3 Å². The Hall–Kier alpha value is -1.39. The zero-order valence-corrected chi connectivity index (χ0v) is 32.0. The fourth-order valence-electron chi connectivity index (χ4n) is 4.84. The number of nitrogens with zero attached hydrogens (tertiary/aromatic N) is 2. The molecule has 0 aliphatic carbocycles. The maximum atomic E-state index is 12.2. The van der Waals surface area contributed by atoms with Gasteiger partial charge in [-0.05, 0) is 54.1 Å². The minimum Gasteiger partial charge on any atom is -0.505 e. The van der Waals surface area contributed by atoms with E-state index in [-0.39, 0.29) is 75.6 Å². The molecule has 3 aromatic carbocycles. The maximum absolute atomic E-state index is 12.2. The number of aryl methyl sites for hydroxylation is 1. The summed E-state index contributed by atoms with van der Waals surface area (Å²) in [5, 5.41) is 20.9. The van der Waals surface area contributed by atoms with Crippen molar-refractivity contribution in [2.75, 3.05) is 5.32 Å². The van der Waals surface area contributed by atoms with E-state index >= 15 is 0 Å². The molecule has 4 N–H and O–H groups in total. The number of carbonyl (C=O) groups excluding carboxylic acids is 1. The number of hydrogen-bond acceptors (Lipinski definition) is 8. The standard InChI is InChI=1S/C30H39N3O8S2.2Na/c1-3-4-5-6-7-8-9-10-11-12-13-22-14-16-24(17-15-22)32-33-29-27(43(39,40)41)19-23-18-25(42(36,37)38)20-26(31-21(2)34)28(23)30(29)35;;/h14-20,35H,3-13H2,1-2H3,(H,31,34)(H,36,37,38)(H,39,40,41);;. The minimum absolute atomic E-state index is 0. The Labute approximate surface area is 309 Å². The van der Waals surface area contributed by atoms with Crippen molar-refractivity contribution in [2.24, 2.45) is 10.2 Å². The van der Waals surface area contributed by atoms with E-state index in [4.69, 9.17) is 0 Å². The summed E-state index contributed by atoms with van der Waals surface area (Å²) in [6.45, 7) is 3.36. The molecule has 0 heterocycles. The quantitative estimate of drug-likeness (QED) is 0.0534. The summed E-state index contributed by atoms with van der Waals surface area (Å²) >= 11 is 0. The van der Waals surface area contributed by atoms with Crippen molar-refractivity contribution in [1.29, 1.82) is 0 Å². The molecule has 0 spiro atoms. The molecule has 0 aliphatic heterocycles. The van der Waals surface area contributed by atoms with Crippen LogP contribution in [0.4, 0.5) is 17.1 Å². The van der Waals surface area contributed by atoms with Crippen LogP contribution >= 0.6 is 0 Å². The number of amides is 1. The van der Waals surface area contributed by atoms with Gasteiger partial charge in [-0.3, -0.25) is 13.9 Å². The molecule has 11 nitrogen and oxygen atoms in total. The third kappa shape index (κ3) is 13.0. The fourth-order valence-corrected chi connectivity index (χ4v) is 6.04. The van der Waals surface area contributed by atoms with Crippen LogP contribution in [-0.4, -0.2) is 96.1 Å². The van der Waals surface area contributed by atoms with E-state index in [9.17, 15) is 35.8 Å². The van der Waals surface area contributed by atoms with Crippen LogP contribution in [0.5, 0.6) is 5.75 Å². The van der Waals surface area contributed by atoms with Crippen LogP contribution in [0.25, 0.3) is 10.8 Å². The average molecular weight is 680 g/mol. The monoisotopic (exact) mass is 679 g/mol. The number of carbonyl (C=O) groups is 1. The number of phenols is 1.